The lowest BCUT2D eigenvalue weighted by Crippen LogP contribution is -2.36. The van der Waals surface area contributed by atoms with Crippen molar-refractivity contribution in [3.8, 4) is 0 Å². The van der Waals surface area contributed by atoms with Gasteiger partial charge in [-0.3, -0.25) is 0 Å². The molecule has 0 aliphatic heterocycles. The van der Waals surface area contributed by atoms with Gasteiger partial charge in [0.2, 0.25) is 0 Å². The molecule has 1 aromatic rings. The van der Waals surface area contributed by atoms with Crippen LogP contribution in [0.4, 0.5) is 0 Å². The maximum atomic E-state index is 6.37. The van der Waals surface area contributed by atoms with Crippen LogP contribution < -0.4 is 5.73 Å². The second-order valence-corrected chi connectivity index (χ2v) is 5.52. The number of hydrogen-bond acceptors (Lipinski definition) is 2. The minimum Gasteiger partial charge on any atom is -0.338 e. The highest BCUT2D eigenvalue weighted by Gasteiger charge is 2.26. The number of nitrogens with zero attached hydrogens (tertiary/aromatic N) is 2. The number of imidazole rings is 1. The summed E-state index contributed by atoms with van der Waals surface area (Å²) in [7, 11) is 2.05. The Bertz CT molecular complexity index is 345. The molecule has 1 fully saturated rings. The minimum atomic E-state index is 0.283. The molecule has 1 saturated carbocycles. The molecule has 3 atom stereocenters. The van der Waals surface area contributed by atoms with Crippen molar-refractivity contribution >= 4 is 0 Å². The van der Waals surface area contributed by atoms with E-state index in [0.717, 1.165) is 18.2 Å². The number of nitrogens with two attached hydrogens (primary N) is 1. The number of aryl methyl sites for hydroxylation is 1. The Morgan fingerprint density at radius 3 is 3.00 bits per heavy atom. The molecule has 2 rings (SSSR count). The molecule has 1 heterocycles. The summed E-state index contributed by atoms with van der Waals surface area (Å²) in [5, 5.41) is 0. The van der Waals surface area contributed by atoms with E-state index in [4.69, 9.17) is 5.73 Å². The van der Waals surface area contributed by atoms with Gasteiger partial charge in [-0.05, 0) is 24.7 Å². The Morgan fingerprint density at radius 1 is 1.53 bits per heavy atom. The molecule has 96 valence electrons. The van der Waals surface area contributed by atoms with Crippen LogP contribution in [0.25, 0.3) is 0 Å². The van der Waals surface area contributed by atoms with Crippen molar-refractivity contribution in [2.45, 2.75) is 51.5 Å². The van der Waals surface area contributed by atoms with Gasteiger partial charge in [0.1, 0.15) is 5.82 Å². The van der Waals surface area contributed by atoms with Gasteiger partial charge in [-0.2, -0.15) is 0 Å². The van der Waals surface area contributed by atoms with E-state index in [2.05, 4.69) is 16.5 Å². The Hall–Kier alpha value is -0.830. The molecule has 0 bridgehead atoms. The first-order valence-electron chi connectivity index (χ1n) is 6.92. The number of hydrogen-bond donors (Lipinski definition) is 1. The van der Waals surface area contributed by atoms with Crippen LogP contribution in [0.3, 0.4) is 0 Å². The molecule has 1 aliphatic rings. The van der Waals surface area contributed by atoms with Crippen LogP contribution in [0.1, 0.15) is 44.9 Å². The van der Waals surface area contributed by atoms with E-state index in [9.17, 15) is 0 Å². The molecule has 0 saturated heterocycles. The zero-order valence-electron chi connectivity index (χ0n) is 11.1. The van der Waals surface area contributed by atoms with E-state index in [-0.39, 0.29) is 6.04 Å². The highest BCUT2D eigenvalue weighted by molar-refractivity contribution is 4.96. The van der Waals surface area contributed by atoms with Gasteiger partial charge in [0.05, 0.1) is 0 Å². The summed E-state index contributed by atoms with van der Waals surface area (Å²) in [5.41, 5.74) is 6.37. The van der Waals surface area contributed by atoms with E-state index in [1.165, 1.54) is 32.1 Å². The molecule has 17 heavy (non-hydrogen) atoms. The SMILES string of the molecule is CCC1CCCC(C(N)Cc2nccn2C)C1. The van der Waals surface area contributed by atoms with E-state index in [0.29, 0.717) is 5.92 Å². The molecule has 0 spiro atoms. The van der Waals surface area contributed by atoms with E-state index >= 15 is 0 Å². The molecule has 0 amide bonds. The van der Waals surface area contributed by atoms with Gasteiger partial charge in [0.25, 0.3) is 0 Å². The van der Waals surface area contributed by atoms with Crippen molar-refractivity contribution in [1.29, 1.82) is 0 Å². The van der Waals surface area contributed by atoms with Crippen molar-refractivity contribution < 1.29 is 0 Å². The minimum absolute atomic E-state index is 0.283. The van der Waals surface area contributed by atoms with Crippen molar-refractivity contribution in [2.75, 3.05) is 0 Å². The van der Waals surface area contributed by atoms with Crippen LogP contribution in [0.2, 0.25) is 0 Å². The average Bonchev–Trinajstić information content (AvgIpc) is 2.75. The third kappa shape index (κ3) is 3.09. The molecule has 3 nitrogen and oxygen atoms in total. The topological polar surface area (TPSA) is 43.8 Å². The fraction of sp³-hybridized carbons (Fsp3) is 0.786. The summed E-state index contributed by atoms with van der Waals surface area (Å²) >= 11 is 0. The fourth-order valence-electron chi connectivity index (χ4n) is 3.06. The van der Waals surface area contributed by atoms with E-state index in [1.54, 1.807) is 0 Å². The van der Waals surface area contributed by atoms with Gasteiger partial charge in [0, 0.05) is 31.9 Å². The second-order valence-electron chi connectivity index (χ2n) is 5.52. The zero-order valence-corrected chi connectivity index (χ0v) is 11.1. The van der Waals surface area contributed by atoms with Crippen LogP contribution in [-0.2, 0) is 13.5 Å². The van der Waals surface area contributed by atoms with Crippen molar-refractivity contribution in [1.82, 2.24) is 9.55 Å². The summed E-state index contributed by atoms with van der Waals surface area (Å²) in [6.45, 7) is 2.30. The van der Waals surface area contributed by atoms with Gasteiger partial charge in [-0.25, -0.2) is 4.98 Å². The summed E-state index contributed by atoms with van der Waals surface area (Å²) in [4.78, 5) is 4.37. The van der Waals surface area contributed by atoms with Crippen molar-refractivity contribution in [3.63, 3.8) is 0 Å². The molecule has 2 N–H and O–H groups in total. The molecule has 3 heteroatoms. The summed E-state index contributed by atoms with van der Waals surface area (Å²) < 4.78 is 2.08. The van der Waals surface area contributed by atoms with Gasteiger partial charge < -0.3 is 10.3 Å². The highest BCUT2D eigenvalue weighted by atomic mass is 15.0. The third-order valence-corrected chi connectivity index (χ3v) is 4.35. The number of rotatable bonds is 4. The van der Waals surface area contributed by atoms with Crippen LogP contribution in [0, 0.1) is 11.8 Å². The average molecular weight is 235 g/mol. The summed E-state index contributed by atoms with van der Waals surface area (Å²) in [6, 6.07) is 0.283. The first-order chi connectivity index (χ1) is 8.20. The maximum absolute atomic E-state index is 6.37. The maximum Gasteiger partial charge on any atom is 0.109 e. The van der Waals surface area contributed by atoms with Crippen LogP contribution >= 0.6 is 0 Å². The molecular weight excluding hydrogens is 210 g/mol. The molecule has 0 radical (unpaired) electrons. The van der Waals surface area contributed by atoms with Crippen LogP contribution in [0.5, 0.6) is 0 Å². The van der Waals surface area contributed by atoms with Gasteiger partial charge >= 0.3 is 0 Å². The van der Waals surface area contributed by atoms with Gasteiger partial charge in [0.15, 0.2) is 0 Å². The Kier molecular flexibility index (Phi) is 4.21. The first kappa shape index (κ1) is 12.6. The summed E-state index contributed by atoms with van der Waals surface area (Å²) in [6.07, 6.45) is 11.5. The third-order valence-electron chi connectivity index (χ3n) is 4.35. The molecule has 0 aromatic carbocycles. The predicted octanol–water partition coefficient (Wildman–Crippen LogP) is 2.51. The predicted molar refractivity (Wildman–Crippen MR) is 70.6 cm³/mol. The fourth-order valence-corrected chi connectivity index (χ4v) is 3.06. The normalized spacial score (nSPS) is 27.0. The lowest BCUT2D eigenvalue weighted by molar-refractivity contribution is 0.227. The summed E-state index contributed by atoms with van der Waals surface area (Å²) in [5.74, 6) is 2.72. The highest BCUT2D eigenvalue weighted by Crippen LogP contribution is 2.32. The van der Waals surface area contributed by atoms with Crippen molar-refractivity contribution in [2.24, 2.45) is 24.6 Å². The van der Waals surface area contributed by atoms with E-state index in [1.807, 2.05) is 19.4 Å². The molecule has 1 aliphatic carbocycles. The number of aromatic nitrogens is 2. The second kappa shape index (κ2) is 5.67. The Labute approximate surface area is 104 Å². The van der Waals surface area contributed by atoms with Gasteiger partial charge in [-0.1, -0.05) is 26.2 Å². The molecule has 1 aromatic heterocycles. The van der Waals surface area contributed by atoms with Crippen LogP contribution in [-0.4, -0.2) is 15.6 Å². The Morgan fingerprint density at radius 2 is 2.35 bits per heavy atom. The standard InChI is InChI=1S/C14H25N3/c1-3-11-5-4-6-12(9-11)13(15)10-14-16-7-8-17(14)2/h7-8,11-13H,3-6,9-10,15H2,1-2H3. The first-order valence-corrected chi connectivity index (χ1v) is 6.92. The molecule has 3 unspecified atom stereocenters. The molecular formula is C14H25N3. The van der Waals surface area contributed by atoms with Gasteiger partial charge in [-0.15, -0.1) is 0 Å². The largest absolute Gasteiger partial charge is 0.338 e. The van der Waals surface area contributed by atoms with E-state index < -0.39 is 0 Å². The smallest absolute Gasteiger partial charge is 0.109 e. The lowest BCUT2D eigenvalue weighted by atomic mass is 9.76. The zero-order chi connectivity index (χ0) is 12.3. The Balaban J connectivity index is 1.91. The quantitative estimate of drug-likeness (QED) is 0.871. The lowest BCUT2D eigenvalue weighted by Gasteiger charge is -2.32. The monoisotopic (exact) mass is 235 g/mol. The van der Waals surface area contributed by atoms with Crippen LogP contribution in [0.15, 0.2) is 12.4 Å². The van der Waals surface area contributed by atoms with Crippen molar-refractivity contribution in [3.05, 3.63) is 18.2 Å².